The molecule has 0 radical (unpaired) electrons. The van der Waals surface area contributed by atoms with Gasteiger partial charge in [-0.05, 0) is 11.5 Å². The van der Waals surface area contributed by atoms with E-state index in [4.69, 9.17) is 4.74 Å². The first kappa shape index (κ1) is 17.0. The molecular weight excluding hydrogens is 296 g/mol. The maximum absolute atomic E-state index is 12.5. The summed E-state index contributed by atoms with van der Waals surface area (Å²) in [6, 6.07) is 8.96. The maximum atomic E-state index is 12.5. The lowest BCUT2D eigenvalue weighted by Gasteiger charge is -2.22. The number of benzene rings is 1. The summed E-state index contributed by atoms with van der Waals surface area (Å²) in [5, 5.41) is 2.54. The summed E-state index contributed by atoms with van der Waals surface area (Å²) in [6.45, 7) is 4.31. The lowest BCUT2D eigenvalue weighted by molar-refractivity contribution is -0.153. The van der Waals surface area contributed by atoms with Crippen LogP contribution in [0.1, 0.15) is 31.7 Å². The number of hydrogen-bond donors (Lipinski definition) is 1. The fraction of sp³-hybridized carbons (Fsp3) is 0.471. The second kappa shape index (κ2) is 7.76. The highest BCUT2D eigenvalue weighted by molar-refractivity contribution is 5.97. The van der Waals surface area contributed by atoms with Gasteiger partial charge in [-0.2, -0.15) is 0 Å². The Kier molecular flexibility index (Phi) is 5.73. The summed E-state index contributed by atoms with van der Waals surface area (Å²) in [5.41, 5.74) is 0.873. The van der Waals surface area contributed by atoms with Gasteiger partial charge in [0, 0.05) is 13.1 Å². The predicted octanol–water partition coefficient (Wildman–Crippen LogP) is 1.91. The van der Waals surface area contributed by atoms with Crippen molar-refractivity contribution in [3.8, 4) is 0 Å². The lowest BCUT2D eigenvalue weighted by Crippen LogP contribution is -2.37. The Morgan fingerprint density at radius 3 is 2.57 bits per heavy atom. The Hall–Kier alpha value is -2.37. The fourth-order valence-corrected chi connectivity index (χ4v) is 2.60. The van der Waals surface area contributed by atoms with Crippen molar-refractivity contribution in [2.24, 2.45) is 5.92 Å². The van der Waals surface area contributed by atoms with Crippen LogP contribution in [0.2, 0.25) is 0 Å². The molecule has 1 saturated heterocycles. The van der Waals surface area contributed by atoms with Crippen LogP contribution in [0, 0.1) is 5.92 Å². The molecule has 6 heteroatoms. The van der Waals surface area contributed by atoms with Crippen LogP contribution in [0.15, 0.2) is 30.3 Å². The van der Waals surface area contributed by atoms with Crippen molar-refractivity contribution in [2.45, 2.75) is 26.2 Å². The molecule has 1 aliphatic rings. The molecule has 3 amide bonds. The van der Waals surface area contributed by atoms with Crippen LogP contribution in [-0.2, 0) is 14.3 Å². The molecule has 0 unspecified atom stereocenters. The highest BCUT2D eigenvalue weighted by atomic mass is 16.5. The molecule has 0 bridgehead atoms. The maximum Gasteiger partial charge on any atom is 0.324 e. The van der Waals surface area contributed by atoms with Gasteiger partial charge in [-0.1, -0.05) is 50.6 Å². The molecule has 0 spiro atoms. The molecule has 124 valence electrons. The van der Waals surface area contributed by atoms with Gasteiger partial charge < -0.3 is 10.1 Å². The summed E-state index contributed by atoms with van der Waals surface area (Å²) in [4.78, 5) is 36.9. The summed E-state index contributed by atoms with van der Waals surface area (Å²) in [6.07, 6.45) is 0.817. The van der Waals surface area contributed by atoms with Crippen LogP contribution in [0.25, 0.3) is 0 Å². The molecule has 0 saturated carbocycles. The van der Waals surface area contributed by atoms with Crippen molar-refractivity contribution < 1.29 is 19.1 Å². The second-order valence-electron chi connectivity index (χ2n) is 5.66. The number of amides is 3. The van der Waals surface area contributed by atoms with E-state index in [-0.39, 0.29) is 5.92 Å². The first-order valence-corrected chi connectivity index (χ1v) is 7.84. The van der Waals surface area contributed by atoms with Crippen LogP contribution in [0.4, 0.5) is 4.79 Å². The van der Waals surface area contributed by atoms with Gasteiger partial charge in [0.15, 0.2) is 6.61 Å². The minimum absolute atomic E-state index is 0.0927. The van der Waals surface area contributed by atoms with Crippen LogP contribution in [-0.4, -0.2) is 42.5 Å². The zero-order valence-corrected chi connectivity index (χ0v) is 13.5. The molecule has 2 atom stereocenters. The van der Waals surface area contributed by atoms with Gasteiger partial charge in [0.05, 0.1) is 5.92 Å². The quantitative estimate of drug-likeness (QED) is 0.813. The Bertz CT molecular complexity index is 573. The molecule has 1 heterocycles. The summed E-state index contributed by atoms with van der Waals surface area (Å²) >= 11 is 0. The van der Waals surface area contributed by atoms with E-state index in [9.17, 15) is 14.4 Å². The van der Waals surface area contributed by atoms with Gasteiger partial charge in [-0.3, -0.25) is 14.5 Å². The monoisotopic (exact) mass is 318 g/mol. The van der Waals surface area contributed by atoms with E-state index >= 15 is 0 Å². The lowest BCUT2D eigenvalue weighted by atomic mass is 9.86. The number of imide groups is 1. The zero-order chi connectivity index (χ0) is 16.8. The topological polar surface area (TPSA) is 75.7 Å². The van der Waals surface area contributed by atoms with Crippen LogP contribution >= 0.6 is 0 Å². The molecule has 1 N–H and O–H groups in total. The van der Waals surface area contributed by atoms with Gasteiger partial charge in [-0.25, -0.2) is 4.79 Å². The Morgan fingerprint density at radius 2 is 2.00 bits per heavy atom. The first-order valence-electron chi connectivity index (χ1n) is 7.84. The Labute approximate surface area is 135 Å². The molecular formula is C17H22N2O4. The molecule has 1 fully saturated rings. The van der Waals surface area contributed by atoms with Crippen molar-refractivity contribution in [3.63, 3.8) is 0 Å². The van der Waals surface area contributed by atoms with Crippen molar-refractivity contribution in [2.75, 3.05) is 19.7 Å². The average Bonchev–Trinajstić information content (AvgIpc) is 2.99. The van der Waals surface area contributed by atoms with Gasteiger partial charge >= 0.3 is 12.0 Å². The summed E-state index contributed by atoms with van der Waals surface area (Å²) in [7, 11) is 0. The molecule has 0 aliphatic carbocycles. The van der Waals surface area contributed by atoms with E-state index in [1.807, 2.05) is 44.2 Å². The Morgan fingerprint density at radius 1 is 1.30 bits per heavy atom. The van der Waals surface area contributed by atoms with Crippen molar-refractivity contribution in [1.82, 2.24) is 10.2 Å². The summed E-state index contributed by atoms with van der Waals surface area (Å²) in [5.74, 6) is -1.25. The van der Waals surface area contributed by atoms with Crippen LogP contribution in [0.3, 0.4) is 0 Å². The van der Waals surface area contributed by atoms with Gasteiger partial charge in [-0.15, -0.1) is 0 Å². The molecule has 6 nitrogen and oxygen atoms in total. The highest BCUT2D eigenvalue weighted by Crippen LogP contribution is 2.28. The molecule has 1 aromatic rings. The number of esters is 1. The SMILES string of the molecule is CC[C@@H](C)[C@@H](C(=O)OCC(=O)N1CCNC1=O)c1ccccc1. The molecule has 23 heavy (non-hydrogen) atoms. The van der Waals surface area contributed by atoms with E-state index in [0.29, 0.717) is 13.1 Å². The van der Waals surface area contributed by atoms with E-state index in [0.717, 1.165) is 16.9 Å². The minimum atomic E-state index is -0.496. The third-order valence-corrected chi connectivity index (χ3v) is 4.12. The Balaban J connectivity index is 2.01. The van der Waals surface area contributed by atoms with Crippen LogP contribution in [0.5, 0.6) is 0 Å². The fourth-order valence-electron chi connectivity index (χ4n) is 2.60. The summed E-state index contributed by atoms with van der Waals surface area (Å²) < 4.78 is 5.19. The zero-order valence-electron chi connectivity index (χ0n) is 13.5. The van der Waals surface area contributed by atoms with Gasteiger partial charge in [0.2, 0.25) is 0 Å². The number of carbonyl (C=O) groups is 3. The molecule has 1 aromatic carbocycles. The second-order valence-corrected chi connectivity index (χ2v) is 5.66. The van der Waals surface area contributed by atoms with E-state index in [1.165, 1.54) is 0 Å². The number of nitrogens with zero attached hydrogens (tertiary/aromatic N) is 1. The molecule has 0 aromatic heterocycles. The number of rotatable bonds is 6. The minimum Gasteiger partial charge on any atom is -0.455 e. The number of ether oxygens (including phenoxy) is 1. The predicted molar refractivity (Wildman–Crippen MR) is 84.7 cm³/mol. The third-order valence-electron chi connectivity index (χ3n) is 4.12. The number of carbonyl (C=O) groups excluding carboxylic acids is 3. The largest absolute Gasteiger partial charge is 0.455 e. The van der Waals surface area contributed by atoms with E-state index < -0.39 is 30.4 Å². The number of nitrogens with one attached hydrogen (secondary N) is 1. The van der Waals surface area contributed by atoms with Gasteiger partial charge in [0.25, 0.3) is 5.91 Å². The van der Waals surface area contributed by atoms with Crippen molar-refractivity contribution >= 4 is 17.9 Å². The highest BCUT2D eigenvalue weighted by Gasteiger charge is 2.30. The molecule has 2 rings (SSSR count). The number of hydrogen-bond acceptors (Lipinski definition) is 4. The average molecular weight is 318 g/mol. The standard InChI is InChI=1S/C17H22N2O4/c1-3-12(2)15(13-7-5-4-6-8-13)16(21)23-11-14(20)19-10-9-18-17(19)22/h4-8,12,15H,3,9-11H2,1-2H3,(H,18,22)/t12-,15-/m1/s1. The number of urea groups is 1. The van der Waals surface area contributed by atoms with E-state index in [1.54, 1.807) is 0 Å². The van der Waals surface area contributed by atoms with Crippen molar-refractivity contribution in [3.05, 3.63) is 35.9 Å². The smallest absolute Gasteiger partial charge is 0.324 e. The van der Waals surface area contributed by atoms with Crippen molar-refractivity contribution in [1.29, 1.82) is 0 Å². The first-order chi connectivity index (χ1) is 11.0. The van der Waals surface area contributed by atoms with E-state index in [2.05, 4.69) is 5.32 Å². The van der Waals surface area contributed by atoms with Gasteiger partial charge in [0.1, 0.15) is 0 Å². The third kappa shape index (κ3) is 4.09. The normalized spacial score (nSPS) is 16.6. The van der Waals surface area contributed by atoms with Crippen LogP contribution < -0.4 is 5.32 Å². The molecule has 1 aliphatic heterocycles.